The van der Waals surface area contributed by atoms with Gasteiger partial charge in [0, 0.05) is 0 Å². The fourth-order valence-corrected chi connectivity index (χ4v) is 0.836. The molecule has 0 aliphatic carbocycles. The minimum atomic E-state index is 0.742. The highest BCUT2D eigenvalue weighted by Gasteiger charge is 1.87. The van der Waals surface area contributed by atoms with Gasteiger partial charge in [0.05, 0.1) is 0 Å². The van der Waals surface area contributed by atoms with Crippen molar-refractivity contribution in [3.8, 4) is 0 Å². The summed E-state index contributed by atoms with van der Waals surface area (Å²) in [6, 6.07) is 0. The van der Waals surface area contributed by atoms with E-state index < -0.39 is 0 Å². The van der Waals surface area contributed by atoms with Crippen LogP contribution in [0.2, 0.25) is 0 Å². The number of nitrogens with zero attached hydrogens (tertiary/aromatic N) is 1. The van der Waals surface area contributed by atoms with E-state index in [9.17, 15) is 0 Å². The molecule has 48 valence electrons. The van der Waals surface area contributed by atoms with Crippen LogP contribution in [-0.2, 0) is 0 Å². The molecule has 3 heteroatoms. The van der Waals surface area contributed by atoms with Crippen LogP contribution in [0.1, 0.15) is 20.3 Å². The molecule has 0 aromatic rings. The van der Waals surface area contributed by atoms with E-state index in [1.54, 1.807) is 18.7 Å². The molecule has 0 spiro atoms. The smallest absolute Gasteiger partial charge is 0.109 e. The molecule has 0 aromatic carbocycles. The van der Waals surface area contributed by atoms with Crippen LogP contribution in [0.4, 0.5) is 0 Å². The summed E-state index contributed by atoms with van der Waals surface area (Å²) in [5.74, 6) is 1.04. The van der Waals surface area contributed by atoms with E-state index in [1.165, 1.54) is 0 Å². The summed E-state index contributed by atoms with van der Waals surface area (Å²) in [5.41, 5.74) is 0. The third-order valence-electron chi connectivity index (χ3n) is 0.656. The van der Waals surface area contributed by atoms with Crippen molar-refractivity contribution in [1.82, 2.24) is 0 Å². The first-order chi connectivity index (χ1) is 3.81. The van der Waals surface area contributed by atoms with E-state index in [1.807, 2.05) is 0 Å². The molecule has 0 saturated carbocycles. The molecule has 0 saturated heterocycles. The summed E-state index contributed by atoms with van der Waals surface area (Å²) >= 11 is 1.58. The van der Waals surface area contributed by atoms with Crippen molar-refractivity contribution < 1.29 is 5.21 Å². The maximum Gasteiger partial charge on any atom is 0.109 e. The molecule has 2 nitrogen and oxygen atoms in total. The normalized spacial score (nSPS) is 12.0. The highest BCUT2D eigenvalue weighted by Crippen LogP contribution is 2.03. The lowest BCUT2D eigenvalue weighted by atomic mass is 10.6. The highest BCUT2D eigenvalue weighted by molar-refractivity contribution is 8.13. The molecular formula is C5H11NOS. The van der Waals surface area contributed by atoms with Crippen LogP contribution < -0.4 is 0 Å². The van der Waals surface area contributed by atoms with Gasteiger partial charge in [0.25, 0.3) is 0 Å². The molecule has 8 heavy (non-hydrogen) atoms. The van der Waals surface area contributed by atoms with E-state index in [4.69, 9.17) is 5.21 Å². The molecule has 0 unspecified atom stereocenters. The van der Waals surface area contributed by atoms with Crippen molar-refractivity contribution in [1.29, 1.82) is 0 Å². The van der Waals surface area contributed by atoms with E-state index in [0.29, 0.717) is 0 Å². The van der Waals surface area contributed by atoms with Crippen LogP contribution in [0.5, 0.6) is 0 Å². The van der Waals surface area contributed by atoms with Gasteiger partial charge in [-0.3, -0.25) is 0 Å². The minimum absolute atomic E-state index is 0.742. The molecular weight excluding hydrogens is 122 g/mol. The predicted octanol–water partition coefficient (Wildman–Crippen LogP) is 1.94. The number of rotatable bonds is 2. The number of thioether (sulfide) groups is 1. The molecule has 0 aliphatic heterocycles. The van der Waals surface area contributed by atoms with Gasteiger partial charge in [-0.25, -0.2) is 0 Å². The fraction of sp³-hybridized carbons (Fsp3) is 0.800. The van der Waals surface area contributed by atoms with Gasteiger partial charge in [0.15, 0.2) is 0 Å². The maximum atomic E-state index is 8.13. The zero-order chi connectivity index (χ0) is 6.41. The van der Waals surface area contributed by atoms with Crippen LogP contribution >= 0.6 is 11.8 Å². The molecule has 1 N–H and O–H groups in total. The van der Waals surface area contributed by atoms with Gasteiger partial charge in [0.2, 0.25) is 0 Å². The largest absolute Gasteiger partial charge is 0.410 e. The Kier molecular flexibility index (Phi) is 4.85. The van der Waals surface area contributed by atoms with Crippen LogP contribution in [0, 0.1) is 0 Å². The Balaban J connectivity index is 3.12. The highest BCUT2D eigenvalue weighted by atomic mass is 32.2. The second kappa shape index (κ2) is 4.97. The first kappa shape index (κ1) is 7.82. The Bertz CT molecular complexity index is 82.5. The van der Waals surface area contributed by atoms with E-state index in [2.05, 4.69) is 12.1 Å². The number of hydrogen-bond donors (Lipinski definition) is 1. The monoisotopic (exact) mass is 133 g/mol. The first-order valence-electron chi connectivity index (χ1n) is 2.62. The quantitative estimate of drug-likeness (QED) is 0.270. The summed E-state index contributed by atoms with van der Waals surface area (Å²) in [4.78, 5) is 0. The lowest BCUT2D eigenvalue weighted by Crippen LogP contribution is -1.84. The van der Waals surface area contributed by atoms with E-state index in [0.717, 1.165) is 17.2 Å². The number of oxime groups is 1. The van der Waals surface area contributed by atoms with Crippen molar-refractivity contribution in [3.05, 3.63) is 0 Å². The molecule has 0 amide bonds. The van der Waals surface area contributed by atoms with Crippen molar-refractivity contribution in [2.24, 2.45) is 5.16 Å². The van der Waals surface area contributed by atoms with Crippen LogP contribution in [0.25, 0.3) is 0 Å². The van der Waals surface area contributed by atoms with Crippen molar-refractivity contribution in [2.75, 3.05) is 5.75 Å². The Morgan fingerprint density at radius 1 is 1.75 bits per heavy atom. The van der Waals surface area contributed by atoms with Crippen molar-refractivity contribution in [3.63, 3.8) is 0 Å². The topological polar surface area (TPSA) is 32.6 Å². The van der Waals surface area contributed by atoms with Gasteiger partial charge in [-0.05, 0) is 19.1 Å². The maximum absolute atomic E-state index is 8.13. The third kappa shape index (κ3) is 3.99. The third-order valence-corrected chi connectivity index (χ3v) is 1.77. The van der Waals surface area contributed by atoms with Crippen LogP contribution in [-0.4, -0.2) is 16.0 Å². The lowest BCUT2D eigenvalue weighted by Gasteiger charge is -1.91. The molecule has 0 bridgehead atoms. The van der Waals surface area contributed by atoms with E-state index >= 15 is 0 Å². The summed E-state index contributed by atoms with van der Waals surface area (Å²) in [7, 11) is 0. The molecule has 0 radical (unpaired) electrons. The predicted molar refractivity (Wildman–Crippen MR) is 37.6 cm³/mol. The zero-order valence-electron chi connectivity index (χ0n) is 5.22. The van der Waals surface area contributed by atoms with Gasteiger partial charge in [0.1, 0.15) is 5.04 Å². The molecule has 0 atom stereocenters. The first-order valence-corrected chi connectivity index (χ1v) is 3.61. The Labute approximate surface area is 54.0 Å². The van der Waals surface area contributed by atoms with Crippen molar-refractivity contribution >= 4 is 16.8 Å². The van der Waals surface area contributed by atoms with Crippen molar-refractivity contribution in [2.45, 2.75) is 20.3 Å². The Morgan fingerprint density at radius 3 is 2.75 bits per heavy atom. The van der Waals surface area contributed by atoms with Gasteiger partial charge >= 0.3 is 0 Å². The SMILES string of the molecule is CCCSC(C)=NO. The Hall–Kier alpha value is -0.180. The second-order valence-electron chi connectivity index (χ2n) is 1.47. The second-order valence-corrected chi connectivity index (χ2v) is 2.76. The average Bonchev–Trinajstić information content (AvgIpc) is 1.83. The van der Waals surface area contributed by atoms with Gasteiger partial charge < -0.3 is 5.21 Å². The summed E-state index contributed by atoms with van der Waals surface area (Å²) in [5, 5.41) is 11.9. The Morgan fingerprint density at radius 2 is 2.38 bits per heavy atom. The lowest BCUT2D eigenvalue weighted by molar-refractivity contribution is 0.320. The summed E-state index contributed by atoms with van der Waals surface area (Å²) in [6.45, 7) is 3.89. The molecule has 0 aromatic heterocycles. The average molecular weight is 133 g/mol. The van der Waals surface area contributed by atoms with Gasteiger partial charge in [-0.15, -0.1) is 11.8 Å². The molecule has 0 rings (SSSR count). The van der Waals surface area contributed by atoms with Crippen LogP contribution in [0.3, 0.4) is 0 Å². The van der Waals surface area contributed by atoms with E-state index in [-0.39, 0.29) is 0 Å². The fourth-order valence-electron chi connectivity index (χ4n) is 0.279. The van der Waals surface area contributed by atoms with Crippen LogP contribution in [0.15, 0.2) is 5.16 Å². The van der Waals surface area contributed by atoms with Gasteiger partial charge in [-0.2, -0.15) is 0 Å². The summed E-state index contributed by atoms with van der Waals surface area (Å²) in [6.07, 6.45) is 1.12. The molecule has 0 heterocycles. The number of hydrogen-bond acceptors (Lipinski definition) is 3. The summed E-state index contributed by atoms with van der Waals surface area (Å²) < 4.78 is 0. The zero-order valence-corrected chi connectivity index (χ0v) is 6.03. The molecule has 0 fully saturated rings. The molecule has 0 aliphatic rings. The standard InChI is InChI=1S/C5H11NOS/c1-3-4-8-5(2)6-7/h7H,3-4H2,1-2H3. The van der Waals surface area contributed by atoms with Gasteiger partial charge in [-0.1, -0.05) is 12.1 Å². The minimum Gasteiger partial charge on any atom is -0.410 e.